The fraction of sp³-hybridized carbons (Fsp3) is 0.0667. The predicted octanol–water partition coefficient (Wildman–Crippen LogP) is 5.24. The van der Waals surface area contributed by atoms with Gasteiger partial charge in [0.25, 0.3) is 0 Å². The summed E-state index contributed by atoms with van der Waals surface area (Å²) in [6, 6.07) is 9.84. The molecule has 0 atom stereocenters. The quantitative estimate of drug-likeness (QED) is 0.471. The minimum absolute atomic E-state index is 0.467. The molecule has 0 saturated heterocycles. The van der Waals surface area contributed by atoms with E-state index in [0.717, 1.165) is 21.5 Å². The van der Waals surface area contributed by atoms with E-state index >= 15 is 0 Å². The summed E-state index contributed by atoms with van der Waals surface area (Å²) in [5.74, 6) is 1.42. The zero-order chi connectivity index (χ0) is 14.4. The Morgan fingerprint density at radius 1 is 1.10 bits per heavy atom. The highest BCUT2D eigenvalue weighted by Crippen LogP contribution is 2.36. The molecule has 0 N–H and O–H groups in total. The van der Waals surface area contributed by atoms with Crippen molar-refractivity contribution in [1.29, 1.82) is 0 Å². The lowest BCUT2D eigenvalue weighted by atomic mass is 10.2. The molecule has 0 amide bonds. The topological polar surface area (TPSA) is 35.0 Å². The molecular weight excluding hydrogens is 324 g/mol. The first-order valence-corrected chi connectivity index (χ1v) is 8.31. The maximum Gasteiger partial charge on any atom is 0.171 e. The minimum Gasteiger partial charge on any atom is -0.497 e. The number of hydrogen-bond acceptors (Lipinski definition) is 5. The van der Waals surface area contributed by atoms with Gasteiger partial charge in [0.05, 0.1) is 17.5 Å². The Morgan fingerprint density at radius 3 is 2.81 bits per heavy atom. The lowest BCUT2D eigenvalue weighted by Crippen LogP contribution is -1.91. The van der Waals surface area contributed by atoms with E-state index in [1.54, 1.807) is 29.8 Å². The molecule has 0 aliphatic carbocycles. The maximum absolute atomic E-state index is 6.30. The lowest BCUT2D eigenvalue weighted by Gasteiger charge is -2.05. The van der Waals surface area contributed by atoms with Crippen molar-refractivity contribution in [3.8, 4) is 16.5 Å². The van der Waals surface area contributed by atoms with E-state index in [1.165, 1.54) is 9.40 Å². The Labute approximate surface area is 133 Å². The monoisotopic (exact) mass is 332 g/mol. The van der Waals surface area contributed by atoms with E-state index in [2.05, 4.69) is 27.5 Å². The van der Waals surface area contributed by atoms with Crippen LogP contribution in [0.3, 0.4) is 0 Å². The van der Waals surface area contributed by atoms with Crippen molar-refractivity contribution >= 4 is 54.6 Å². The number of hydrogen-bond donors (Lipinski definition) is 0. The third-order valence-electron chi connectivity index (χ3n) is 3.22. The van der Waals surface area contributed by atoms with Crippen molar-refractivity contribution in [3.63, 3.8) is 0 Å². The third-order valence-corrected chi connectivity index (χ3v) is 5.59. The average molecular weight is 333 g/mol. The maximum atomic E-state index is 6.30. The molecule has 0 aliphatic heterocycles. The minimum atomic E-state index is 0.467. The van der Waals surface area contributed by atoms with E-state index in [4.69, 9.17) is 16.3 Å². The highest BCUT2D eigenvalue weighted by molar-refractivity contribution is 7.28. The molecule has 4 rings (SSSR count). The largest absolute Gasteiger partial charge is 0.497 e. The average Bonchev–Trinajstić information content (AvgIpc) is 3.07. The summed E-state index contributed by atoms with van der Waals surface area (Å²) in [4.78, 5) is 10.1. The summed E-state index contributed by atoms with van der Waals surface area (Å²) < 4.78 is 7.74. The van der Waals surface area contributed by atoms with Gasteiger partial charge in [-0.15, -0.1) is 22.7 Å². The number of fused-ring (bicyclic) bond motifs is 2. The molecule has 0 bridgehead atoms. The van der Waals surface area contributed by atoms with Crippen molar-refractivity contribution in [2.24, 2.45) is 0 Å². The van der Waals surface area contributed by atoms with Crippen LogP contribution >= 0.6 is 34.3 Å². The SMILES string of the molecule is COc1ccc2c(Cl)nc(-c3cc4sccc4s3)nc2c1. The number of aromatic nitrogens is 2. The first-order chi connectivity index (χ1) is 10.2. The molecule has 3 nitrogen and oxygen atoms in total. The molecule has 3 aromatic heterocycles. The van der Waals surface area contributed by atoms with E-state index in [1.807, 2.05) is 18.2 Å². The Morgan fingerprint density at radius 2 is 2.00 bits per heavy atom. The summed E-state index contributed by atoms with van der Waals surface area (Å²) in [7, 11) is 1.64. The van der Waals surface area contributed by atoms with Crippen LogP contribution in [0.5, 0.6) is 5.75 Å². The van der Waals surface area contributed by atoms with Crippen LogP contribution in [-0.2, 0) is 0 Å². The summed E-state index contributed by atoms with van der Waals surface area (Å²) in [5, 5.41) is 3.39. The highest BCUT2D eigenvalue weighted by Gasteiger charge is 2.12. The number of methoxy groups -OCH3 is 1. The molecule has 0 saturated carbocycles. The van der Waals surface area contributed by atoms with Gasteiger partial charge in [0.15, 0.2) is 5.82 Å². The van der Waals surface area contributed by atoms with Gasteiger partial charge < -0.3 is 4.74 Å². The Kier molecular flexibility index (Phi) is 3.06. The molecule has 0 unspecified atom stereocenters. The zero-order valence-electron chi connectivity index (χ0n) is 11.0. The van der Waals surface area contributed by atoms with Crippen LogP contribution in [0, 0.1) is 0 Å². The fourth-order valence-electron chi connectivity index (χ4n) is 2.18. The smallest absolute Gasteiger partial charge is 0.171 e. The van der Waals surface area contributed by atoms with E-state index in [-0.39, 0.29) is 0 Å². The number of rotatable bonds is 2. The third kappa shape index (κ3) is 2.18. The van der Waals surface area contributed by atoms with Crippen LogP contribution in [0.15, 0.2) is 35.7 Å². The summed E-state index contributed by atoms with van der Waals surface area (Å²) >= 11 is 9.69. The molecule has 6 heteroatoms. The molecule has 104 valence electrons. The van der Waals surface area contributed by atoms with Crippen molar-refractivity contribution in [2.75, 3.05) is 7.11 Å². The standard InChI is InChI=1S/C15H9ClN2OS2/c1-19-8-2-3-9-10(6-8)17-15(18-14(9)16)13-7-12-11(21-13)4-5-20-12/h2-7H,1H3. The van der Waals surface area contributed by atoms with Crippen molar-refractivity contribution < 1.29 is 4.74 Å². The lowest BCUT2D eigenvalue weighted by molar-refractivity contribution is 0.415. The van der Waals surface area contributed by atoms with Crippen LogP contribution in [-0.4, -0.2) is 17.1 Å². The van der Waals surface area contributed by atoms with E-state index in [9.17, 15) is 0 Å². The van der Waals surface area contributed by atoms with Gasteiger partial charge >= 0.3 is 0 Å². The van der Waals surface area contributed by atoms with Crippen LogP contribution in [0.4, 0.5) is 0 Å². The Balaban J connectivity index is 1.93. The van der Waals surface area contributed by atoms with Crippen molar-refractivity contribution in [3.05, 3.63) is 40.9 Å². The molecule has 0 fully saturated rings. The van der Waals surface area contributed by atoms with Crippen LogP contribution < -0.4 is 4.74 Å². The second-order valence-electron chi connectivity index (χ2n) is 4.48. The van der Waals surface area contributed by atoms with Crippen LogP contribution in [0.2, 0.25) is 5.15 Å². The summed E-state index contributed by atoms with van der Waals surface area (Å²) in [6.45, 7) is 0. The van der Waals surface area contributed by atoms with Gasteiger partial charge in [0.1, 0.15) is 10.9 Å². The molecular formula is C15H9ClN2OS2. The van der Waals surface area contributed by atoms with Crippen molar-refractivity contribution in [1.82, 2.24) is 9.97 Å². The number of ether oxygens (including phenoxy) is 1. The van der Waals surface area contributed by atoms with Gasteiger partial charge in [-0.05, 0) is 29.6 Å². The van der Waals surface area contributed by atoms with Gasteiger partial charge in [-0.1, -0.05) is 11.6 Å². The summed E-state index contributed by atoms with van der Waals surface area (Å²) in [6.07, 6.45) is 0. The molecule has 21 heavy (non-hydrogen) atoms. The van der Waals surface area contributed by atoms with Gasteiger partial charge in [-0.3, -0.25) is 0 Å². The number of halogens is 1. The molecule has 0 radical (unpaired) electrons. The number of thiophene rings is 2. The highest BCUT2D eigenvalue weighted by atomic mass is 35.5. The van der Waals surface area contributed by atoms with Gasteiger partial charge in [-0.25, -0.2) is 9.97 Å². The molecule has 1 aromatic carbocycles. The molecule has 0 spiro atoms. The van der Waals surface area contributed by atoms with Gasteiger partial charge in [0, 0.05) is 20.9 Å². The first-order valence-electron chi connectivity index (χ1n) is 6.23. The molecule has 3 heterocycles. The second kappa shape index (κ2) is 4.94. The summed E-state index contributed by atoms with van der Waals surface area (Å²) in [5.41, 5.74) is 0.793. The van der Waals surface area contributed by atoms with Crippen LogP contribution in [0.25, 0.3) is 31.0 Å². The van der Waals surface area contributed by atoms with Crippen LogP contribution in [0.1, 0.15) is 0 Å². The Bertz CT molecular complexity index is 932. The predicted molar refractivity (Wildman–Crippen MR) is 89.8 cm³/mol. The number of nitrogens with zero attached hydrogens (tertiary/aromatic N) is 2. The fourth-order valence-corrected chi connectivity index (χ4v) is 4.47. The first kappa shape index (κ1) is 13.0. The van der Waals surface area contributed by atoms with E-state index in [0.29, 0.717) is 11.0 Å². The Hall–Kier alpha value is -1.69. The normalized spacial score (nSPS) is 11.3. The second-order valence-corrected chi connectivity index (χ2v) is 6.87. The van der Waals surface area contributed by atoms with E-state index < -0.39 is 0 Å². The molecule has 0 aliphatic rings. The molecule has 4 aromatic rings. The van der Waals surface area contributed by atoms with Crippen molar-refractivity contribution in [2.45, 2.75) is 0 Å². The zero-order valence-corrected chi connectivity index (χ0v) is 13.4. The van der Waals surface area contributed by atoms with Gasteiger partial charge in [-0.2, -0.15) is 0 Å². The van der Waals surface area contributed by atoms with Gasteiger partial charge in [0.2, 0.25) is 0 Å². The number of benzene rings is 1.